The molecule has 1 heterocycles. The number of rotatable bonds is 1. The van der Waals surface area contributed by atoms with Crippen LogP contribution in [0.3, 0.4) is 0 Å². The molecular formula is C11H10BrF2N3. The van der Waals surface area contributed by atoms with E-state index in [0.717, 1.165) is 28.0 Å². The van der Waals surface area contributed by atoms with Crippen LogP contribution in [-0.4, -0.2) is 9.78 Å². The Labute approximate surface area is 105 Å². The number of anilines is 1. The fourth-order valence-corrected chi connectivity index (χ4v) is 1.85. The summed E-state index contributed by atoms with van der Waals surface area (Å²) in [5.74, 6) is -1.47. The number of aryl methyl sites for hydroxylation is 1. The number of hydrogen-bond donors (Lipinski definition) is 1. The zero-order valence-electron chi connectivity index (χ0n) is 9.26. The maximum atomic E-state index is 13.3. The van der Waals surface area contributed by atoms with E-state index >= 15 is 0 Å². The third-order valence-corrected chi connectivity index (χ3v) is 3.65. The predicted molar refractivity (Wildman–Crippen MR) is 65.1 cm³/mol. The van der Waals surface area contributed by atoms with Gasteiger partial charge in [0.05, 0.1) is 27.2 Å². The van der Waals surface area contributed by atoms with Crippen molar-refractivity contribution in [2.75, 3.05) is 5.73 Å². The van der Waals surface area contributed by atoms with Crippen LogP contribution < -0.4 is 5.73 Å². The number of nitrogens with two attached hydrogens (primary N) is 1. The summed E-state index contributed by atoms with van der Waals surface area (Å²) >= 11 is 3.35. The monoisotopic (exact) mass is 301 g/mol. The van der Waals surface area contributed by atoms with Crippen LogP contribution in [-0.2, 0) is 0 Å². The average Bonchev–Trinajstić information content (AvgIpc) is 2.51. The van der Waals surface area contributed by atoms with Crippen molar-refractivity contribution >= 4 is 21.6 Å². The zero-order chi connectivity index (χ0) is 12.7. The van der Waals surface area contributed by atoms with Gasteiger partial charge in [0.25, 0.3) is 0 Å². The Morgan fingerprint density at radius 1 is 1.29 bits per heavy atom. The molecule has 0 bridgehead atoms. The summed E-state index contributed by atoms with van der Waals surface area (Å²) in [5.41, 5.74) is 7.14. The standard InChI is InChI=1S/C11H10BrF2N3/c1-5-10(12)6(2)17(16-5)9-4-7(13)3-8(14)11(9)15/h3-4H,15H2,1-2H3. The lowest BCUT2D eigenvalue weighted by molar-refractivity contribution is 0.583. The predicted octanol–water partition coefficient (Wildman–Crippen LogP) is 3.11. The molecule has 2 aromatic rings. The van der Waals surface area contributed by atoms with Gasteiger partial charge in [0.2, 0.25) is 0 Å². The van der Waals surface area contributed by atoms with Crippen molar-refractivity contribution in [3.8, 4) is 5.69 Å². The molecule has 0 fully saturated rings. The van der Waals surface area contributed by atoms with Gasteiger partial charge in [-0.1, -0.05) is 0 Å². The zero-order valence-corrected chi connectivity index (χ0v) is 10.8. The second-order valence-corrected chi connectivity index (χ2v) is 4.51. The molecule has 90 valence electrons. The molecule has 2 rings (SSSR count). The first-order valence-corrected chi connectivity index (χ1v) is 5.67. The van der Waals surface area contributed by atoms with Gasteiger partial charge >= 0.3 is 0 Å². The van der Waals surface area contributed by atoms with Crippen LogP contribution in [0.5, 0.6) is 0 Å². The molecule has 0 atom stereocenters. The summed E-state index contributed by atoms with van der Waals surface area (Å²) in [6.45, 7) is 3.58. The molecule has 0 unspecified atom stereocenters. The van der Waals surface area contributed by atoms with Gasteiger partial charge in [0.15, 0.2) is 5.82 Å². The molecule has 6 heteroatoms. The first-order chi connectivity index (χ1) is 7.91. The Kier molecular flexibility index (Phi) is 2.91. The van der Waals surface area contributed by atoms with Gasteiger partial charge in [-0.2, -0.15) is 5.10 Å². The van der Waals surface area contributed by atoms with Crippen LogP contribution in [0.4, 0.5) is 14.5 Å². The Morgan fingerprint density at radius 3 is 2.47 bits per heavy atom. The topological polar surface area (TPSA) is 43.8 Å². The molecule has 3 nitrogen and oxygen atoms in total. The van der Waals surface area contributed by atoms with Crippen molar-refractivity contribution in [2.45, 2.75) is 13.8 Å². The summed E-state index contributed by atoms with van der Waals surface area (Å²) in [6.07, 6.45) is 0. The molecular weight excluding hydrogens is 292 g/mol. The maximum Gasteiger partial charge on any atom is 0.151 e. The van der Waals surface area contributed by atoms with E-state index in [1.165, 1.54) is 4.68 Å². The fraction of sp³-hybridized carbons (Fsp3) is 0.182. The number of hydrogen-bond acceptors (Lipinski definition) is 2. The van der Waals surface area contributed by atoms with Crippen molar-refractivity contribution < 1.29 is 8.78 Å². The lowest BCUT2D eigenvalue weighted by atomic mass is 10.2. The highest BCUT2D eigenvalue weighted by Gasteiger charge is 2.15. The van der Waals surface area contributed by atoms with Crippen LogP contribution in [0.15, 0.2) is 16.6 Å². The van der Waals surface area contributed by atoms with Crippen molar-refractivity contribution in [1.29, 1.82) is 0 Å². The maximum absolute atomic E-state index is 13.3. The van der Waals surface area contributed by atoms with E-state index in [1.54, 1.807) is 13.8 Å². The minimum Gasteiger partial charge on any atom is -0.395 e. The minimum absolute atomic E-state index is 0.121. The first kappa shape index (κ1) is 12.0. The van der Waals surface area contributed by atoms with E-state index < -0.39 is 11.6 Å². The normalized spacial score (nSPS) is 10.9. The Hall–Kier alpha value is -1.43. The van der Waals surface area contributed by atoms with Crippen LogP contribution in [0.1, 0.15) is 11.4 Å². The molecule has 0 aliphatic heterocycles. The van der Waals surface area contributed by atoms with E-state index in [4.69, 9.17) is 5.73 Å². The summed E-state index contributed by atoms with van der Waals surface area (Å²) < 4.78 is 28.7. The molecule has 0 aliphatic rings. The molecule has 17 heavy (non-hydrogen) atoms. The van der Waals surface area contributed by atoms with Gasteiger partial charge in [-0.15, -0.1) is 0 Å². The fourth-order valence-electron chi connectivity index (χ4n) is 1.60. The second kappa shape index (κ2) is 4.10. The van der Waals surface area contributed by atoms with Crippen LogP contribution in [0.2, 0.25) is 0 Å². The van der Waals surface area contributed by atoms with Gasteiger partial charge in [0, 0.05) is 12.1 Å². The Bertz CT molecular complexity index is 593. The number of aromatic nitrogens is 2. The highest BCUT2D eigenvalue weighted by atomic mass is 79.9. The molecule has 0 aliphatic carbocycles. The third-order valence-electron chi connectivity index (χ3n) is 2.50. The molecule has 0 saturated carbocycles. The van der Waals surface area contributed by atoms with Crippen molar-refractivity contribution in [3.63, 3.8) is 0 Å². The van der Waals surface area contributed by atoms with E-state index in [-0.39, 0.29) is 11.4 Å². The van der Waals surface area contributed by atoms with Crippen molar-refractivity contribution in [3.05, 3.63) is 39.6 Å². The van der Waals surface area contributed by atoms with E-state index in [9.17, 15) is 8.78 Å². The van der Waals surface area contributed by atoms with Gasteiger partial charge < -0.3 is 5.73 Å². The van der Waals surface area contributed by atoms with Crippen LogP contribution >= 0.6 is 15.9 Å². The van der Waals surface area contributed by atoms with Gasteiger partial charge in [-0.25, -0.2) is 13.5 Å². The highest BCUT2D eigenvalue weighted by molar-refractivity contribution is 9.10. The van der Waals surface area contributed by atoms with Gasteiger partial charge in [-0.05, 0) is 29.8 Å². The largest absolute Gasteiger partial charge is 0.395 e. The summed E-state index contributed by atoms with van der Waals surface area (Å²) in [4.78, 5) is 0. The summed E-state index contributed by atoms with van der Waals surface area (Å²) in [7, 11) is 0. The van der Waals surface area contributed by atoms with Crippen molar-refractivity contribution in [2.24, 2.45) is 0 Å². The van der Waals surface area contributed by atoms with Crippen molar-refractivity contribution in [1.82, 2.24) is 9.78 Å². The average molecular weight is 302 g/mol. The number of benzene rings is 1. The van der Waals surface area contributed by atoms with Crippen LogP contribution in [0.25, 0.3) is 5.69 Å². The Morgan fingerprint density at radius 2 is 1.94 bits per heavy atom. The van der Waals surface area contributed by atoms with E-state index in [1.807, 2.05) is 0 Å². The Balaban J connectivity index is 2.72. The minimum atomic E-state index is -0.788. The number of nitrogen functional groups attached to an aromatic ring is 1. The quantitative estimate of drug-likeness (QED) is 0.823. The second-order valence-electron chi connectivity index (χ2n) is 3.72. The molecule has 2 N–H and O–H groups in total. The smallest absolute Gasteiger partial charge is 0.151 e. The number of halogens is 3. The first-order valence-electron chi connectivity index (χ1n) is 4.88. The number of nitrogens with zero attached hydrogens (tertiary/aromatic N) is 2. The summed E-state index contributed by atoms with van der Waals surface area (Å²) in [5, 5.41) is 4.18. The molecule has 0 spiro atoms. The van der Waals surface area contributed by atoms with E-state index in [0.29, 0.717) is 0 Å². The molecule has 0 amide bonds. The van der Waals surface area contributed by atoms with Crippen LogP contribution in [0, 0.1) is 25.5 Å². The third kappa shape index (κ3) is 1.93. The van der Waals surface area contributed by atoms with Gasteiger partial charge in [0.1, 0.15) is 5.82 Å². The SMILES string of the molecule is Cc1nn(-c2cc(F)cc(F)c2N)c(C)c1Br. The molecule has 1 aromatic heterocycles. The lowest BCUT2D eigenvalue weighted by Gasteiger charge is -2.09. The van der Waals surface area contributed by atoms with E-state index in [2.05, 4.69) is 21.0 Å². The van der Waals surface area contributed by atoms with Gasteiger partial charge in [-0.3, -0.25) is 0 Å². The molecule has 0 radical (unpaired) electrons. The summed E-state index contributed by atoms with van der Waals surface area (Å²) in [6, 6.07) is 1.91. The molecule has 0 saturated heterocycles. The highest BCUT2D eigenvalue weighted by Crippen LogP contribution is 2.27. The lowest BCUT2D eigenvalue weighted by Crippen LogP contribution is -2.06. The molecule has 1 aromatic carbocycles.